The summed E-state index contributed by atoms with van der Waals surface area (Å²) in [5.74, 6) is 3.46. The van der Waals surface area contributed by atoms with E-state index >= 15 is 0 Å². The van der Waals surface area contributed by atoms with E-state index in [9.17, 15) is 0 Å². The third-order valence-corrected chi connectivity index (χ3v) is 4.81. The third kappa shape index (κ3) is 2.39. The van der Waals surface area contributed by atoms with Crippen LogP contribution in [0.15, 0.2) is 6.07 Å². The number of aryl methyl sites for hydroxylation is 1. The highest BCUT2D eigenvalue weighted by Gasteiger charge is 2.33. The van der Waals surface area contributed by atoms with Gasteiger partial charge in [0.2, 0.25) is 5.95 Å². The van der Waals surface area contributed by atoms with Crippen LogP contribution in [-0.2, 0) is 0 Å². The monoisotopic (exact) mass is 276 g/mol. The molecule has 19 heavy (non-hydrogen) atoms. The zero-order chi connectivity index (χ0) is 13.6. The number of anilines is 2. The molecule has 2 aromatic rings. The molecule has 1 saturated carbocycles. The number of hydrogen-bond donors (Lipinski definition) is 1. The van der Waals surface area contributed by atoms with Crippen molar-refractivity contribution in [1.82, 2.24) is 9.97 Å². The Hall–Kier alpha value is -1.36. The molecule has 0 amide bonds. The van der Waals surface area contributed by atoms with Crippen LogP contribution in [0.3, 0.4) is 0 Å². The predicted molar refractivity (Wildman–Crippen MR) is 82.2 cm³/mol. The molecule has 1 aliphatic carbocycles. The number of hydrogen-bond acceptors (Lipinski definition) is 5. The molecular weight excluding hydrogens is 256 g/mol. The van der Waals surface area contributed by atoms with Crippen molar-refractivity contribution in [3.63, 3.8) is 0 Å². The first-order valence-corrected chi connectivity index (χ1v) is 7.57. The molecule has 102 valence electrons. The first-order valence-electron chi connectivity index (χ1n) is 6.75. The minimum atomic E-state index is 0.708. The van der Waals surface area contributed by atoms with E-state index < -0.39 is 0 Å². The van der Waals surface area contributed by atoms with Gasteiger partial charge in [-0.2, -0.15) is 4.98 Å². The van der Waals surface area contributed by atoms with Crippen molar-refractivity contribution >= 4 is 33.3 Å². The summed E-state index contributed by atoms with van der Waals surface area (Å²) in [5.41, 5.74) is 0. The van der Waals surface area contributed by atoms with Crippen LogP contribution in [0, 0.1) is 18.8 Å². The fourth-order valence-electron chi connectivity index (χ4n) is 2.52. The van der Waals surface area contributed by atoms with Gasteiger partial charge in [0, 0.05) is 25.5 Å². The van der Waals surface area contributed by atoms with Crippen molar-refractivity contribution in [2.75, 3.05) is 30.9 Å². The van der Waals surface area contributed by atoms with Gasteiger partial charge in [-0.15, -0.1) is 11.3 Å². The largest absolute Gasteiger partial charge is 0.359 e. The summed E-state index contributed by atoms with van der Waals surface area (Å²) in [6, 6.07) is 2.20. The Morgan fingerprint density at radius 2 is 2.21 bits per heavy atom. The van der Waals surface area contributed by atoms with E-state index in [4.69, 9.17) is 0 Å². The smallest absolute Gasteiger partial charge is 0.225 e. The van der Waals surface area contributed by atoms with Crippen molar-refractivity contribution < 1.29 is 0 Å². The third-order valence-electron chi connectivity index (χ3n) is 3.87. The molecule has 1 aliphatic rings. The summed E-state index contributed by atoms with van der Waals surface area (Å²) < 4.78 is 0. The second kappa shape index (κ2) is 4.63. The summed E-state index contributed by atoms with van der Waals surface area (Å²) in [5, 5.41) is 4.24. The van der Waals surface area contributed by atoms with Crippen LogP contribution in [0.2, 0.25) is 0 Å². The maximum absolute atomic E-state index is 4.65. The van der Waals surface area contributed by atoms with Gasteiger partial charge in [0.15, 0.2) is 0 Å². The molecule has 0 bridgehead atoms. The molecule has 2 aromatic heterocycles. The van der Waals surface area contributed by atoms with Crippen molar-refractivity contribution in [2.45, 2.75) is 20.3 Å². The minimum absolute atomic E-state index is 0.708. The van der Waals surface area contributed by atoms with Gasteiger partial charge in [0.05, 0.1) is 5.39 Å². The summed E-state index contributed by atoms with van der Waals surface area (Å²) >= 11 is 1.73. The Balaban J connectivity index is 1.99. The molecule has 0 aliphatic heterocycles. The second-order valence-corrected chi connectivity index (χ2v) is 6.79. The zero-order valence-corrected chi connectivity index (χ0v) is 12.7. The normalized spacial score (nSPS) is 21.7. The quantitative estimate of drug-likeness (QED) is 0.931. The molecule has 0 saturated heterocycles. The highest BCUT2D eigenvalue weighted by Crippen LogP contribution is 2.39. The maximum atomic E-state index is 4.65. The van der Waals surface area contributed by atoms with Crippen molar-refractivity contribution in [3.8, 4) is 0 Å². The number of nitrogens with zero attached hydrogens (tertiary/aromatic N) is 3. The predicted octanol–water partition coefficient (Wildman–Crippen LogP) is 3.13. The fourth-order valence-corrected chi connectivity index (χ4v) is 3.40. The van der Waals surface area contributed by atoms with Crippen LogP contribution in [-0.4, -0.2) is 30.6 Å². The minimum Gasteiger partial charge on any atom is -0.359 e. The zero-order valence-electron chi connectivity index (χ0n) is 11.9. The standard InChI is InChI=1S/C14H20N4S/c1-8-5-10(8)7-18(4)12-11-6-9(2)19-13(11)17-14(15-3)16-12/h6,8,10H,5,7H2,1-4H3,(H,15,16,17). The summed E-state index contributed by atoms with van der Waals surface area (Å²) in [6.45, 7) is 5.53. The SMILES string of the molecule is CNc1nc(N(C)CC2CC2C)c2cc(C)sc2n1. The lowest BCUT2D eigenvalue weighted by Gasteiger charge is -2.19. The van der Waals surface area contributed by atoms with Crippen LogP contribution in [0.25, 0.3) is 10.2 Å². The van der Waals surface area contributed by atoms with Gasteiger partial charge in [-0.1, -0.05) is 6.92 Å². The van der Waals surface area contributed by atoms with E-state index in [1.807, 2.05) is 7.05 Å². The van der Waals surface area contributed by atoms with Crippen LogP contribution in [0.5, 0.6) is 0 Å². The van der Waals surface area contributed by atoms with Gasteiger partial charge >= 0.3 is 0 Å². The van der Waals surface area contributed by atoms with Gasteiger partial charge in [0.25, 0.3) is 0 Å². The van der Waals surface area contributed by atoms with Crippen LogP contribution in [0.4, 0.5) is 11.8 Å². The lowest BCUT2D eigenvalue weighted by molar-refractivity contribution is 0.721. The first kappa shape index (κ1) is 12.7. The average Bonchev–Trinajstić information content (AvgIpc) is 2.92. The Bertz CT molecular complexity index is 607. The van der Waals surface area contributed by atoms with Gasteiger partial charge in [-0.3, -0.25) is 0 Å². The molecule has 0 spiro atoms. The highest BCUT2D eigenvalue weighted by molar-refractivity contribution is 7.18. The van der Waals surface area contributed by atoms with E-state index in [0.29, 0.717) is 5.95 Å². The lowest BCUT2D eigenvalue weighted by atomic mass is 10.3. The molecule has 5 heteroatoms. The first-order chi connectivity index (χ1) is 9.08. The van der Waals surface area contributed by atoms with Gasteiger partial charge in [0.1, 0.15) is 10.6 Å². The Morgan fingerprint density at radius 3 is 2.84 bits per heavy atom. The lowest BCUT2D eigenvalue weighted by Crippen LogP contribution is -2.22. The van der Waals surface area contributed by atoms with E-state index in [1.54, 1.807) is 11.3 Å². The molecule has 3 rings (SSSR count). The van der Waals surface area contributed by atoms with E-state index in [2.05, 4.69) is 47.1 Å². The van der Waals surface area contributed by atoms with Crippen molar-refractivity contribution in [2.24, 2.45) is 11.8 Å². The van der Waals surface area contributed by atoms with Gasteiger partial charge < -0.3 is 10.2 Å². The van der Waals surface area contributed by atoms with Crippen molar-refractivity contribution in [1.29, 1.82) is 0 Å². The Kier molecular flexibility index (Phi) is 3.09. The molecule has 1 N–H and O–H groups in total. The second-order valence-electron chi connectivity index (χ2n) is 5.55. The number of thiophene rings is 1. The number of aromatic nitrogens is 2. The number of fused-ring (bicyclic) bond motifs is 1. The Labute approximate surface area is 117 Å². The van der Waals surface area contributed by atoms with Crippen LogP contribution in [0.1, 0.15) is 18.2 Å². The van der Waals surface area contributed by atoms with Crippen LogP contribution < -0.4 is 10.2 Å². The molecule has 0 radical (unpaired) electrons. The molecule has 0 aromatic carbocycles. The molecular formula is C14H20N4S. The van der Waals surface area contributed by atoms with E-state index in [0.717, 1.165) is 29.0 Å². The summed E-state index contributed by atoms with van der Waals surface area (Å²) in [7, 11) is 4.01. The molecule has 2 atom stereocenters. The fraction of sp³-hybridized carbons (Fsp3) is 0.571. The van der Waals surface area contributed by atoms with Crippen molar-refractivity contribution in [3.05, 3.63) is 10.9 Å². The summed E-state index contributed by atoms with van der Waals surface area (Å²) in [4.78, 5) is 13.8. The Morgan fingerprint density at radius 1 is 1.47 bits per heavy atom. The molecule has 2 unspecified atom stereocenters. The molecule has 1 fully saturated rings. The highest BCUT2D eigenvalue weighted by atomic mass is 32.1. The van der Waals surface area contributed by atoms with E-state index in [1.165, 1.54) is 16.7 Å². The summed E-state index contributed by atoms with van der Waals surface area (Å²) in [6.07, 6.45) is 1.35. The number of nitrogens with one attached hydrogen (secondary N) is 1. The number of rotatable bonds is 4. The average molecular weight is 276 g/mol. The van der Waals surface area contributed by atoms with E-state index in [-0.39, 0.29) is 0 Å². The molecule has 4 nitrogen and oxygen atoms in total. The van der Waals surface area contributed by atoms with Crippen LogP contribution >= 0.6 is 11.3 Å². The maximum Gasteiger partial charge on any atom is 0.225 e. The topological polar surface area (TPSA) is 41.1 Å². The molecule has 2 heterocycles. The van der Waals surface area contributed by atoms with Gasteiger partial charge in [-0.25, -0.2) is 4.98 Å². The van der Waals surface area contributed by atoms with Gasteiger partial charge in [-0.05, 0) is 31.2 Å².